The minimum atomic E-state index is -1.25. The molecule has 2 rings (SSSR count). The predicted molar refractivity (Wildman–Crippen MR) is 67.7 cm³/mol. The van der Waals surface area contributed by atoms with Crippen molar-refractivity contribution < 1.29 is 17.6 Å². The van der Waals surface area contributed by atoms with E-state index in [0.29, 0.717) is 10.5 Å². The van der Waals surface area contributed by atoms with Gasteiger partial charge in [-0.1, -0.05) is 15.9 Å². The van der Waals surface area contributed by atoms with Crippen molar-refractivity contribution in [2.45, 2.75) is 6.54 Å². The average Bonchev–Trinajstić information content (AvgIpc) is 2.34. The second kappa shape index (κ2) is 5.61. The summed E-state index contributed by atoms with van der Waals surface area (Å²) in [6.07, 6.45) is 0. The van der Waals surface area contributed by atoms with Gasteiger partial charge in [-0.05, 0) is 24.3 Å². The van der Waals surface area contributed by atoms with Crippen molar-refractivity contribution in [3.05, 3.63) is 63.6 Å². The van der Waals surface area contributed by atoms with Crippen LogP contribution in [0.15, 0.2) is 34.8 Å². The molecule has 6 heteroatoms. The van der Waals surface area contributed by atoms with Gasteiger partial charge in [0.2, 0.25) is 0 Å². The van der Waals surface area contributed by atoms with Crippen molar-refractivity contribution in [2.75, 3.05) is 5.32 Å². The van der Waals surface area contributed by atoms with E-state index in [0.717, 1.165) is 6.07 Å². The number of hydrogen-bond acceptors (Lipinski definition) is 1. The molecule has 19 heavy (non-hydrogen) atoms. The topological polar surface area (TPSA) is 12.0 Å². The first-order chi connectivity index (χ1) is 8.97. The quantitative estimate of drug-likeness (QED) is 0.638. The molecule has 0 saturated heterocycles. The van der Waals surface area contributed by atoms with E-state index in [1.54, 1.807) is 6.07 Å². The molecule has 0 bridgehead atoms. The van der Waals surface area contributed by atoms with Crippen LogP contribution in [0, 0.1) is 23.3 Å². The van der Waals surface area contributed by atoms with Gasteiger partial charge in [0.1, 0.15) is 11.6 Å². The number of anilines is 1. The summed E-state index contributed by atoms with van der Waals surface area (Å²) in [5, 5.41) is 2.62. The van der Waals surface area contributed by atoms with Crippen LogP contribution >= 0.6 is 15.9 Å². The van der Waals surface area contributed by atoms with E-state index < -0.39 is 23.3 Å². The number of benzene rings is 2. The van der Waals surface area contributed by atoms with Gasteiger partial charge in [-0.2, -0.15) is 0 Å². The second-order valence-electron chi connectivity index (χ2n) is 3.84. The molecular weight excluding hydrogens is 326 g/mol. The Labute approximate surface area is 115 Å². The lowest BCUT2D eigenvalue weighted by atomic mass is 10.2. The van der Waals surface area contributed by atoms with Crippen molar-refractivity contribution in [1.82, 2.24) is 0 Å². The minimum absolute atomic E-state index is 0.0822. The fourth-order valence-corrected chi connectivity index (χ4v) is 1.86. The third-order valence-corrected chi connectivity index (χ3v) is 2.98. The first-order valence-electron chi connectivity index (χ1n) is 5.29. The highest BCUT2D eigenvalue weighted by Gasteiger charge is 2.10. The fourth-order valence-electron chi connectivity index (χ4n) is 1.52. The highest BCUT2D eigenvalue weighted by atomic mass is 79.9. The van der Waals surface area contributed by atoms with E-state index in [9.17, 15) is 17.6 Å². The van der Waals surface area contributed by atoms with Crippen LogP contribution in [0.25, 0.3) is 0 Å². The van der Waals surface area contributed by atoms with Gasteiger partial charge in [0.25, 0.3) is 0 Å². The van der Waals surface area contributed by atoms with Crippen molar-refractivity contribution >= 4 is 21.6 Å². The van der Waals surface area contributed by atoms with Crippen molar-refractivity contribution in [3.63, 3.8) is 0 Å². The van der Waals surface area contributed by atoms with Crippen LogP contribution in [0.1, 0.15) is 5.56 Å². The smallest absolute Gasteiger partial charge is 0.161 e. The second-order valence-corrected chi connectivity index (χ2v) is 4.75. The lowest BCUT2D eigenvalue weighted by molar-refractivity contribution is 0.490. The Kier molecular flexibility index (Phi) is 4.09. The van der Waals surface area contributed by atoms with Gasteiger partial charge in [0.15, 0.2) is 11.6 Å². The molecule has 2 aromatic carbocycles. The number of rotatable bonds is 3. The average molecular weight is 334 g/mol. The summed E-state index contributed by atoms with van der Waals surface area (Å²) in [5.41, 5.74) is 0.0635. The molecule has 2 aromatic rings. The van der Waals surface area contributed by atoms with E-state index in [-0.39, 0.29) is 17.8 Å². The first-order valence-corrected chi connectivity index (χ1v) is 6.09. The molecule has 1 N–H and O–H groups in total. The van der Waals surface area contributed by atoms with Gasteiger partial charge in [0, 0.05) is 22.6 Å². The highest BCUT2D eigenvalue weighted by Crippen LogP contribution is 2.21. The Hall–Kier alpha value is -1.56. The van der Waals surface area contributed by atoms with Gasteiger partial charge in [-0.25, -0.2) is 17.6 Å². The standard InChI is InChI=1S/C13H8BrF4N/c14-8-1-2-13(12(18)4-8)19-6-7-3-10(16)11(17)5-9(7)15/h1-5,19H,6H2. The van der Waals surface area contributed by atoms with Crippen LogP contribution < -0.4 is 5.32 Å². The fraction of sp³-hybridized carbons (Fsp3) is 0.0769. The van der Waals surface area contributed by atoms with E-state index in [1.807, 2.05) is 0 Å². The summed E-state index contributed by atoms with van der Waals surface area (Å²) >= 11 is 3.10. The summed E-state index contributed by atoms with van der Waals surface area (Å²) in [4.78, 5) is 0. The largest absolute Gasteiger partial charge is 0.378 e. The molecule has 0 fully saturated rings. The zero-order chi connectivity index (χ0) is 14.0. The predicted octanol–water partition coefficient (Wildman–Crippen LogP) is 4.62. The summed E-state index contributed by atoms with van der Waals surface area (Å²) in [6.45, 7) is -0.151. The van der Waals surface area contributed by atoms with Gasteiger partial charge in [-0.3, -0.25) is 0 Å². The lowest BCUT2D eigenvalue weighted by Crippen LogP contribution is -2.05. The molecule has 0 spiro atoms. The van der Waals surface area contributed by atoms with Gasteiger partial charge < -0.3 is 5.32 Å². The van der Waals surface area contributed by atoms with E-state index in [4.69, 9.17) is 0 Å². The normalized spacial score (nSPS) is 10.6. The molecule has 0 aliphatic heterocycles. The van der Waals surface area contributed by atoms with E-state index in [1.165, 1.54) is 12.1 Å². The van der Waals surface area contributed by atoms with Gasteiger partial charge >= 0.3 is 0 Å². The summed E-state index contributed by atoms with van der Waals surface area (Å²) in [7, 11) is 0. The molecule has 0 aromatic heterocycles. The van der Waals surface area contributed by atoms with E-state index >= 15 is 0 Å². The van der Waals surface area contributed by atoms with Gasteiger partial charge in [-0.15, -0.1) is 0 Å². The molecule has 100 valence electrons. The van der Waals surface area contributed by atoms with Crippen LogP contribution in [0.2, 0.25) is 0 Å². The van der Waals surface area contributed by atoms with Crippen LogP contribution in [0.3, 0.4) is 0 Å². The molecule has 1 nitrogen and oxygen atoms in total. The highest BCUT2D eigenvalue weighted by molar-refractivity contribution is 9.10. The number of halogens is 5. The van der Waals surface area contributed by atoms with Crippen molar-refractivity contribution in [2.24, 2.45) is 0 Å². The molecular formula is C13H8BrF4N. The Morgan fingerprint density at radius 1 is 0.842 bits per heavy atom. The maximum atomic E-state index is 13.5. The van der Waals surface area contributed by atoms with E-state index in [2.05, 4.69) is 21.2 Å². The monoisotopic (exact) mass is 333 g/mol. The number of nitrogens with one attached hydrogen (secondary N) is 1. The SMILES string of the molecule is Fc1cc(F)c(CNc2ccc(Br)cc2F)cc1F. The first kappa shape index (κ1) is 13.9. The van der Waals surface area contributed by atoms with Gasteiger partial charge in [0.05, 0.1) is 5.69 Å². The summed E-state index contributed by atoms with van der Waals surface area (Å²) in [5.74, 6) is -3.81. The Balaban J connectivity index is 2.16. The zero-order valence-corrected chi connectivity index (χ0v) is 11.1. The molecule has 0 aliphatic carbocycles. The summed E-state index contributed by atoms with van der Waals surface area (Å²) in [6, 6.07) is 5.51. The Morgan fingerprint density at radius 2 is 1.53 bits per heavy atom. The summed E-state index contributed by atoms with van der Waals surface area (Å²) < 4.78 is 53.1. The molecule has 0 radical (unpaired) electrons. The van der Waals surface area contributed by atoms with Crippen LogP contribution in [0.5, 0.6) is 0 Å². The Morgan fingerprint density at radius 3 is 2.21 bits per heavy atom. The van der Waals surface area contributed by atoms with Crippen LogP contribution in [0.4, 0.5) is 23.2 Å². The number of hydrogen-bond donors (Lipinski definition) is 1. The third kappa shape index (κ3) is 3.26. The Bertz CT molecular complexity index is 616. The molecule has 0 atom stereocenters. The maximum Gasteiger partial charge on any atom is 0.161 e. The van der Waals surface area contributed by atoms with Crippen LogP contribution in [-0.4, -0.2) is 0 Å². The minimum Gasteiger partial charge on any atom is -0.378 e. The zero-order valence-electron chi connectivity index (χ0n) is 9.48. The van der Waals surface area contributed by atoms with Crippen LogP contribution in [-0.2, 0) is 6.54 Å². The molecule has 0 saturated carbocycles. The molecule has 0 aliphatic rings. The molecule has 0 heterocycles. The van der Waals surface area contributed by atoms with Crippen molar-refractivity contribution in [1.29, 1.82) is 0 Å². The molecule has 0 amide bonds. The van der Waals surface area contributed by atoms with Crippen molar-refractivity contribution in [3.8, 4) is 0 Å². The molecule has 0 unspecified atom stereocenters. The third-order valence-electron chi connectivity index (χ3n) is 2.49. The maximum absolute atomic E-state index is 13.5. The lowest BCUT2D eigenvalue weighted by Gasteiger charge is -2.09.